The first-order chi connectivity index (χ1) is 32.6. The Labute approximate surface area is 426 Å². The van der Waals surface area contributed by atoms with E-state index in [1.54, 1.807) is 24.3 Å². The first kappa shape index (κ1) is 56.6. The molecule has 3 N–H and O–H groups in total. The minimum absolute atomic E-state index is 0.0570. The molecule has 1 atom stereocenters. The van der Waals surface area contributed by atoms with E-state index in [0.717, 1.165) is 53.8 Å². The number of nitrogens with two attached hydrogens (primary N) is 1. The first-order valence-corrected chi connectivity index (χ1v) is 23.2. The van der Waals surface area contributed by atoms with Crippen LogP contribution >= 0.6 is 69.6 Å². The van der Waals surface area contributed by atoms with E-state index in [0.29, 0.717) is 30.8 Å². The van der Waals surface area contributed by atoms with Gasteiger partial charge >= 0.3 is 23.7 Å². The molecule has 69 heavy (non-hydrogen) atoms. The summed E-state index contributed by atoms with van der Waals surface area (Å²) >= 11 is 33.4. The zero-order valence-corrected chi connectivity index (χ0v) is 41.5. The number of aromatic nitrogens is 2. The maximum Gasteiger partial charge on any atom is 0.318 e. The van der Waals surface area contributed by atoms with Crippen LogP contribution in [0.25, 0.3) is 4.85 Å². The Balaban J connectivity index is 0.000000237. The van der Waals surface area contributed by atoms with E-state index in [9.17, 15) is 37.5 Å². The predicted molar refractivity (Wildman–Crippen MR) is 255 cm³/mol. The van der Waals surface area contributed by atoms with E-state index in [1.807, 2.05) is 24.3 Å². The number of hydrogen-bond donors (Lipinski definition) is 2. The number of Topliss-reactive ketones (excluding diaryl/α,β-unsaturated/α-hetero) is 1. The Bertz CT molecular complexity index is 2530. The second kappa shape index (κ2) is 24.7. The quantitative estimate of drug-likeness (QED) is 0.0557. The van der Waals surface area contributed by atoms with Crippen LogP contribution in [-0.4, -0.2) is 87.9 Å². The number of ether oxygens (including phenoxy) is 2. The molecule has 6 saturated carbocycles. The molecule has 1 unspecified atom stereocenters. The number of ketones is 1. The first-order valence-electron chi connectivity index (χ1n) is 20.6. The van der Waals surface area contributed by atoms with Crippen LogP contribution in [0.15, 0.2) is 73.1 Å². The molecular weight excluding hydrogens is 1030 g/mol. The minimum atomic E-state index is -0.980. The number of alkyl halides is 2. The molecule has 6 aliphatic rings. The van der Waals surface area contributed by atoms with Gasteiger partial charge in [0.15, 0.2) is 11.6 Å². The van der Waals surface area contributed by atoms with Gasteiger partial charge in [0.05, 0.1) is 53.3 Å². The van der Waals surface area contributed by atoms with Crippen molar-refractivity contribution in [3.63, 3.8) is 0 Å². The van der Waals surface area contributed by atoms with Crippen LogP contribution in [0.3, 0.4) is 0 Å². The Morgan fingerprint density at radius 1 is 0.783 bits per heavy atom. The minimum Gasteiger partial charge on any atom is -0.480 e. The number of carboxylic acid groups (broad SMARTS) is 1. The lowest BCUT2D eigenvalue weighted by Crippen LogP contribution is -2.74. The van der Waals surface area contributed by atoms with Crippen LogP contribution in [-0.2, 0) is 57.8 Å². The van der Waals surface area contributed by atoms with Gasteiger partial charge in [0.2, 0.25) is 5.91 Å². The number of carboxylic acids is 1. The Morgan fingerprint density at radius 2 is 1.25 bits per heavy atom. The number of nitrogens with zero attached hydrogens (tertiary/aromatic N) is 4. The van der Waals surface area contributed by atoms with Crippen LogP contribution in [0.4, 0.5) is 14.6 Å². The van der Waals surface area contributed by atoms with Crippen molar-refractivity contribution in [2.75, 3.05) is 26.0 Å². The number of benzene rings is 2. The van der Waals surface area contributed by atoms with E-state index >= 15 is 0 Å². The van der Waals surface area contributed by atoms with Gasteiger partial charge in [-0.1, -0.05) is 77.2 Å². The lowest BCUT2D eigenvalue weighted by atomic mass is 9.32. The number of aliphatic carboxylic acids is 1. The summed E-state index contributed by atoms with van der Waals surface area (Å²) in [5.41, 5.74) is 5.54. The number of methoxy groups -OCH3 is 2. The summed E-state index contributed by atoms with van der Waals surface area (Å²) < 4.78 is 36.5. The molecule has 2 aromatic heterocycles. The third-order valence-corrected chi connectivity index (χ3v) is 13.3. The standard InChI is InChI=1S/C24H22Cl3FN2O4.C8H10O3.C7H8ClN.C6H2ClFN2.C2H3ClO2/c1-34-22(33)24-11-23(12-24,13-24)21(19(31)7-18-17(28)6-16(27)9-29-18)30(20(32)8-25)10-14-2-4-15(26)5-3-14;1-11-6(10)8-2-7(3-8,4-8)5-9;8-7-3-1-6(5-9)2-4-7;1-9-6-5(8)2-4(7)3-10-6;3-1-2(4)5/h2-6,9,21H,7-8,10-13H2,1H3;5H,2-4H2,1H3;1-4H,5,9H2;2-3H;1H2,(H,4,5). The molecule has 22 heteroatoms. The SMILES string of the molecule is COC(=O)C12CC(C(C(=O)Cc3ncc(Cl)cc3F)N(Cc3ccc(Cl)cc3)C(=O)CCl)(C1)C2.COC(=O)C12CC(C=O)(C1)C2.NCc1ccc(Cl)cc1.O=C(O)CCl.[C-]#[N+]c1ncc(Cl)cc1F. The van der Waals surface area contributed by atoms with Crippen molar-refractivity contribution in [1.29, 1.82) is 0 Å². The van der Waals surface area contributed by atoms with E-state index in [2.05, 4.69) is 19.5 Å². The van der Waals surface area contributed by atoms with Crippen molar-refractivity contribution in [3.8, 4) is 0 Å². The summed E-state index contributed by atoms with van der Waals surface area (Å²) in [4.78, 5) is 81.3. The van der Waals surface area contributed by atoms with Crippen LogP contribution in [0, 0.1) is 39.9 Å². The van der Waals surface area contributed by atoms with Crippen LogP contribution < -0.4 is 5.73 Å². The number of hydrogen-bond acceptors (Lipinski definition) is 11. The van der Waals surface area contributed by atoms with Gasteiger partial charge in [-0.25, -0.2) is 8.78 Å². The van der Waals surface area contributed by atoms with Crippen molar-refractivity contribution in [3.05, 3.63) is 133 Å². The molecule has 2 heterocycles. The average Bonchev–Trinajstić information content (AvgIpc) is 3.27. The molecule has 10 rings (SSSR count). The van der Waals surface area contributed by atoms with Gasteiger partial charge in [-0.05, 0) is 86.1 Å². The highest BCUT2D eigenvalue weighted by molar-refractivity contribution is 6.31. The highest BCUT2D eigenvalue weighted by atomic mass is 35.5. The van der Waals surface area contributed by atoms with Crippen molar-refractivity contribution < 1.29 is 52.1 Å². The summed E-state index contributed by atoms with van der Waals surface area (Å²) in [6.45, 7) is 7.13. The van der Waals surface area contributed by atoms with Gasteiger partial charge in [0.25, 0.3) is 0 Å². The number of pyridine rings is 2. The second-order valence-electron chi connectivity index (χ2n) is 16.8. The molecule has 2 aromatic carbocycles. The van der Waals surface area contributed by atoms with Crippen LogP contribution in [0.5, 0.6) is 0 Å². The molecule has 0 radical (unpaired) electrons. The molecule has 6 fully saturated rings. The Morgan fingerprint density at radius 3 is 1.65 bits per heavy atom. The topological polar surface area (TPSA) is 201 Å². The fourth-order valence-corrected chi connectivity index (χ4v) is 9.69. The third-order valence-electron chi connectivity index (χ3n) is 11.9. The molecule has 0 spiro atoms. The maximum atomic E-state index is 14.4. The molecule has 0 saturated heterocycles. The number of esters is 2. The average molecular weight is 1070 g/mol. The highest BCUT2D eigenvalue weighted by Gasteiger charge is 2.76. The van der Waals surface area contributed by atoms with E-state index < -0.39 is 40.4 Å². The van der Waals surface area contributed by atoms with Crippen molar-refractivity contribution >= 4 is 111 Å². The maximum absolute atomic E-state index is 14.4. The van der Waals surface area contributed by atoms with Crippen molar-refractivity contribution in [2.45, 2.75) is 64.1 Å². The number of amides is 1. The van der Waals surface area contributed by atoms with E-state index in [1.165, 1.54) is 31.5 Å². The summed E-state index contributed by atoms with van der Waals surface area (Å²) in [5, 5.41) is 9.20. The van der Waals surface area contributed by atoms with Gasteiger partial charge in [-0.3, -0.25) is 29.0 Å². The summed E-state index contributed by atoms with van der Waals surface area (Å²) in [6.07, 6.45) is 6.54. The van der Waals surface area contributed by atoms with Crippen molar-refractivity contribution in [2.24, 2.45) is 27.4 Å². The fraction of sp³-hybridized carbons (Fsp3) is 0.383. The van der Waals surface area contributed by atoms with Crippen LogP contribution in [0.2, 0.25) is 20.1 Å². The van der Waals surface area contributed by atoms with E-state index in [4.69, 9.17) is 91.8 Å². The Hall–Kier alpha value is -4.99. The largest absolute Gasteiger partial charge is 0.480 e. The summed E-state index contributed by atoms with van der Waals surface area (Å²) in [7, 11) is 2.73. The number of rotatable bonds is 13. The molecular formula is C47H45Cl6F2N5O9. The monoisotopic (exact) mass is 1070 g/mol. The van der Waals surface area contributed by atoms with Gasteiger partial charge < -0.3 is 34.9 Å². The lowest BCUT2D eigenvalue weighted by Gasteiger charge is -2.71. The van der Waals surface area contributed by atoms with Crippen molar-refractivity contribution in [1.82, 2.24) is 14.9 Å². The molecule has 0 aliphatic heterocycles. The Kier molecular flexibility index (Phi) is 20.3. The molecule has 4 aromatic rings. The van der Waals surface area contributed by atoms with Gasteiger partial charge in [0.1, 0.15) is 30.1 Å². The number of aldehydes is 1. The summed E-state index contributed by atoms with van der Waals surface area (Å²) in [6, 6.07) is 15.7. The predicted octanol–water partition coefficient (Wildman–Crippen LogP) is 9.68. The molecule has 14 nitrogen and oxygen atoms in total. The third kappa shape index (κ3) is 13.9. The zero-order valence-electron chi connectivity index (χ0n) is 37.0. The van der Waals surface area contributed by atoms with Gasteiger partial charge in [-0.2, -0.15) is 0 Å². The van der Waals surface area contributed by atoms with E-state index in [-0.39, 0.29) is 74.8 Å². The fourth-order valence-electron chi connectivity index (χ4n) is 8.99. The summed E-state index contributed by atoms with van der Waals surface area (Å²) in [5.74, 6) is -4.51. The molecule has 1 amide bonds. The smallest absolute Gasteiger partial charge is 0.318 e. The van der Waals surface area contributed by atoms with Crippen LogP contribution in [0.1, 0.15) is 55.3 Å². The number of carbonyl (C=O) groups is 6. The molecule has 368 valence electrons. The number of halogens is 8. The van der Waals surface area contributed by atoms with Gasteiger partial charge in [0, 0.05) is 40.2 Å². The molecule has 6 aliphatic carbocycles. The second-order valence-corrected chi connectivity index (χ2v) is 19.1. The zero-order chi connectivity index (χ0) is 51.3. The van der Waals surface area contributed by atoms with Gasteiger partial charge in [-0.15, -0.1) is 28.2 Å². The normalized spacial score (nSPS) is 21.8. The number of carbonyl (C=O) groups excluding carboxylic acids is 5. The molecule has 4 bridgehead atoms. The highest BCUT2D eigenvalue weighted by Crippen LogP contribution is 2.76. The lowest BCUT2D eigenvalue weighted by molar-refractivity contribution is -0.244.